The SMILES string of the molecule is CC(C)C(CN(C)C)NCc1c(O)cccc1Cl. The fraction of sp³-hybridized carbons (Fsp3) is 0.571. The van der Waals surface area contributed by atoms with Crippen LogP contribution in [0.3, 0.4) is 0 Å². The van der Waals surface area contributed by atoms with Gasteiger partial charge in [0.1, 0.15) is 5.75 Å². The molecule has 2 N–H and O–H groups in total. The molecule has 0 heterocycles. The number of hydrogen-bond donors (Lipinski definition) is 2. The zero-order valence-electron chi connectivity index (χ0n) is 11.6. The molecule has 3 nitrogen and oxygen atoms in total. The van der Waals surface area contributed by atoms with Gasteiger partial charge in [-0.1, -0.05) is 31.5 Å². The summed E-state index contributed by atoms with van der Waals surface area (Å²) in [6.45, 7) is 5.92. The molecule has 0 saturated carbocycles. The van der Waals surface area contributed by atoms with E-state index < -0.39 is 0 Å². The molecule has 0 aromatic heterocycles. The summed E-state index contributed by atoms with van der Waals surface area (Å²) in [5.41, 5.74) is 0.767. The van der Waals surface area contributed by atoms with Crippen molar-refractivity contribution >= 4 is 11.6 Å². The largest absolute Gasteiger partial charge is 0.508 e. The molecule has 1 aromatic carbocycles. The van der Waals surface area contributed by atoms with Gasteiger partial charge in [-0.3, -0.25) is 0 Å². The molecule has 18 heavy (non-hydrogen) atoms. The molecule has 1 atom stereocenters. The van der Waals surface area contributed by atoms with Gasteiger partial charge in [-0.25, -0.2) is 0 Å². The standard InChI is InChI=1S/C14H23ClN2O/c1-10(2)13(9-17(3)4)16-8-11-12(15)6-5-7-14(11)18/h5-7,10,13,16,18H,8-9H2,1-4H3. The maximum absolute atomic E-state index is 9.79. The number of halogens is 1. The second kappa shape index (κ2) is 6.98. The van der Waals surface area contributed by atoms with E-state index in [4.69, 9.17) is 11.6 Å². The summed E-state index contributed by atoms with van der Waals surface area (Å²) < 4.78 is 0. The number of rotatable bonds is 6. The van der Waals surface area contributed by atoms with E-state index in [0.717, 1.165) is 12.1 Å². The van der Waals surface area contributed by atoms with Crippen LogP contribution in [-0.4, -0.2) is 36.7 Å². The van der Waals surface area contributed by atoms with Crippen LogP contribution in [0.15, 0.2) is 18.2 Å². The third kappa shape index (κ3) is 4.48. The smallest absolute Gasteiger partial charge is 0.121 e. The predicted molar refractivity (Wildman–Crippen MR) is 77.1 cm³/mol. The molecule has 0 aliphatic heterocycles. The summed E-state index contributed by atoms with van der Waals surface area (Å²) in [4.78, 5) is 2.16. The third-order valence-electron chi connectivity index (χ3n) is 3.00. The summed E-state index contributed by atoms with van der Waals surface area (Å²) in [6.07, 6.45) is 0. The van der Waals surface area contributed by atoms with Gasteiger partial charge in [0.15, 0.2) is 0 Å². The minimum atomic E-state index is 0.252. The number of likely N-dealkylation sites (N-methyl/N-ethyl adjacent to an activating group) is 1. The average Bonchev–Trinajstić information content (AvgIpc) is 2.26. The summed E-state index contributed by atoms with van der Waals surface area (Å²) >= 11 is 6.09. The molecular formula is C14H23ClN2O. The van der Waals surface area contributed by atoms with E-state index in [1.54, 1.807) is 18.2 Å². The van der Waals surface area contributed by atoms with E-state index in [1.165, 1.54) is 0 Å². The highest BCUT2D eigenvalue weighted by Gasteiger charge is 2.15. The van der Waals surface area contributed by atoms with Crippen LogP contribution in [0.2, 0.25) is 5.02 Å². The van der Waals surface area contributed by atoms with Crippen LogP contribution in [0.4, 0.5) is 0 Å². The first-order valence-corrected chi connectivity index (χ1v) is 6.64. The average molecular weight is 271 g/mol. The molecule has 4 heteroatoms. The lowest BCUT2D eigenvalue weighted by Crippen LogP contribution is -2.41. The van der Waals surface area contributed by atoms with E-state index in [-0.39, 0.29) is 5.75 Å². The number of nitrogens with one attached hydrogen (secondary N) is 1. The Kier molecular flexibility index (Phi) is 5.93. The first kappa shape index (κ1) is 15.3. The quantitative estimate of drug-likeness (QED) is 0.834. The van der Waals surface area contributed by atoms with Crippen molar-refractivity contribution in [3.8, 4) is 5.75 Å². The summed E-state index contributed by atoms with van der Waals surface area (Å²) in [6, 6.07) is 5.59. The fourth-order valence-electron chi connectivity index (χ4n) is 1.86. The number of aromatic hydroxyl groups is 1. The molecule has 0 fully saturated rings. The molecule has 102 valence electrons. The number of hydrogen-bond acceptors (Lipinski definition) is 3. The number of benzene rings is 1. The van der Waals surface area contributed by atoms with E-state index in [2.05, 4.69) is 38.2 Å². The number of phenols is 1. The zero-order valence-corrected chi connectivity index (χ0v) is 12.3. The zero-order chi connectivity index (χ0) is 13.7. The van der Waals surface area contributed by atoms with Gasteiger partial charge in [-0.15, -0.1) is 0 Å². The summed E-state index contributed by atoms with van der Waals surface area (Å²) in [5.74, 6) is 0.777. The van der Waals surface area contributed by atoms with Gasteiger partial charge in [-0.2, -0.15) is 0 Å². The van der Waals surface area contributed by atoms with Crippen molar-refractivity contribution in [2.24, 2.45) is 5.92 Å². The molecule has 0 aliphatic carbocycles. The minimum absolute atomic E-state index is 0.252. The van der Waals surface area contributed by atoms with E-state index in [1.807, 2.05) is 0 Å². The van der Waals surface area contributed by atoms with Crippen molar-refractivity contribution in [1.82, 2.24) is 10.2 Å². The van der Waals surface area contributed by atoms with E-state index in [0.29, 0.717) is 23.5 Å². The van der Waals surface area contributed by atoms with Gasteiger partial charge in [0.2, 0.25) is 0 Å². The van der Waals surface area contributed by atoms with Crippen molar-refractivity contribution in [3.63, 3.8) is 0 Å². The van der Waals surface area contributed by atoms with Crippen molar-refractivity contribution < 1.29 is 5.11 Å². The highest BCUT2D eigenvalue weighted by molar-refractivity contribution is 6.31. The maximum atomic E-state index is 9.79. The van der Waals surface area contributed by atoms with Crippen molar-refractivity contribution in [2.75, 3.05) is 20.6 Å². The lowest BCUT2D eigenvalue weighted by molar-refractivity contribution is 0.287. The summed E-state index contributed by atoms with van der Waals surface area (Å²) in [5, 5.41) is 13.9. The van der Waals surface area contributed by atoms with Gasteiger partial charge in [0.05, 0.1) is 0 Å². The van der Waals surface area contributed by atoms with Crippen LogP contribution < -0.4 is 5.32 Å². The van der Waals surface area contributed by atoms with Crippen LogP contribution in [-0.2, 0) is 6.54 Å². The summed E-state index contributed by atoms with van der Waals surface area (Å²) in [7, 11) is 4.12. The van der Waals surface area contributed by atoms with Crippen molar-refractivity contribution in [1.29, 1.82) is 0 Å². The molecule has 1 aromatic rings. The third-order valence-corrected chi connectivity index (χ3v) is 3.36. The topological polar surface area (TPSA) is 35.5 Å². The van der Waals surface area contributed by atoms with Gasteiger partial charge >= 0.3 is 0 Å². The predicted octanol–water partition coefficient (Wildman–Crippen LogP) is 2.72. The van der Waals surface area contributed by atoms with Gasteiger partial charge in [0.25, 0.3) is 0 Å². The molecule has 0 bridgehead atoms. The Morgan fingerprint density at radius 3 is 2.50 bits per heavy atom. The Balaban J connectivity index is 2.67. The fourth-order valence-corrected chi connectivity index (χ4v) is 2.10. The van der Waals surface area contributed by atoms with Crippen LogP contribution >= 0.6 is 11.6 Å². The van der Waals surface area contributed by atoms with Gasteiger partial charge in [-0.05, 0) is 32.1 Å². The van der Waals surface area contributed by atoms with E-state index in [9.17, 15) is 5.11 Å². The Labute approximate surface area is 115 Å². The van der Waals surface area contributed by atoms with Gasteiger partial charge < -0.3 is 15.3 Å². The second-order valence-electron chi connectivity index (χ2n) is 5.23. The molecule has 1 unspecified atom stereocenters. The molecule has 1 rings (SSSR count). The minimum Gasteiger partial charge on any atom is -0.508 e. The highest BCUT2D eigenvalue weighted by Crippen LogP contribution is 2.25. The molecule has 0 saturated heterocycles. The van der Waals surface area contributed by atoms with E-state index >= 15 is 0 Å². The molecule has 0 spiro atoms. The molecule has 0 radical (unpaired) electrons. The second-order valence-corrected chi connectivity index (χ2v) is 5.64. The monoisotopic (exact) mass is 270 g/mol. The van der Waals surface area contributed by atoms with Crippen LogP contribution in [0.25, 0.3) is 0 Å². The maximum Gasteiger partial charge on any atom is 0.121 e. The Morgan fingerprint density at radius 1 is 1.33 bits per heavy atom. The lowest BCUT2D eigenvalue weighted by atomic mass is 10.0. The lowest BCUT2D eigenvalue weighted by Gasteiger charge is -2.26. The Hall–Kier alpha value is -0.770. The van der Waals surface area contributed by atoms with Crippen LogP contribution in [0.1, 0.15) is 19.4 Å². The van der Waals surface area contributed by atoms with Gasteiger partial charge in [0, 0.05) is 29.7 Å². The van der Waals surface area contributed by atoms with Crippen molar-refractivity contribution in [2.45, 2.75) is 26.4 Å². The Morgan fingerprint density at radius 2 is 2.00 bits per heavy atom. The molecule has 0 aliphatic rings. The highest BCUT2D eigenvalue weighted by atomic mass is 35.5. The molecule has 0 amide bonds. The van der Waals surface area contributed by atoms with Crippen LogP contribution in [0, 0.1) is 5.92 Å². The normalized spacial score (nSPS) is 13.3. The number of phenolic OH excluding ortho intramolecular Hbond substituents is 1. The number of nitrogens with zero attached hydrogens (tertiary/aromatic N) is 1. The molecular weight excluding hydrogens is 248 g/mol. The first-order valence-electron chi connectivity index (χ1n) is 6.26. The Bertz CT molecular complexity index is 360. The first-order chi connectivity index (χ1) is 8.41. The van der Waals surface area contributed by atoms with Crippen molar-refractivity contribution in [3.05, 3.63) is 28.8 Å². The van der Waals surface area contributed by atoms with Crippen LogP contribution in [0.5, 0.6) is 5.75 Å².